The first-order chi connectivity index (χ1) is 8.69. The van der Waals surface area contributed by atoms with Crippen LogP contribution in [0.4, 0.5) is 0 Å². The Kier molecular flexibility index (Phi) is 5.03. The molecule has 0 radical (unpaired) electrons. The van der Waals surface area contributed by atoms with Gasteiger partial charge in [-0.2, -0.15) is 4.89 Å². The van der Waals surface area contributed by atoms with E-state index < -0.39 is 0 Å². The molecular formula is C17H28O2. The molecule has 19 heavy (non-hydrogen) atoms. The molecule has 0 aliphatic rings. The van der Waals surface area contributed by atoms with Gasteiger partial charge in [0.1, 0.15) is 5.60 Å². The molecule has 0 bridgehead atoms. The van der Waals surface area contributed by atoms with Crippen LogP contribution in [-0.2, 0) is 4.89 Å². The SMILES string of the molecule is CCC(C)(OOc1cccc(C(C)C)c1)C(C)(C)C. The van der Waals surface area contributed by atoms with Gasteiger partial charge in [0.05, 0.1) is 0 Å². The van der Waals surface area contributed by atoms with Gasteiger partial charge in [-0.25, -0.2) is 0 Å². The van der Waals surface area contributed by atoms with Crippen molar-refractivity contribution in [3.63, 3.8) is 0 Å². The Morgan fingerprint density at radius 2 is 1.74 bits per heavy atom. The zero-order valence-corrected chi connectivity index (χ0v) is 13.4. The first-order valence-corrected chi connectivity index (χ1v) is 7.15. The van der Waals surface area contributed by atoms with E-state index in [1.165, 1.54) is 5.56 Å². The lowest BCUT2D eigenvalue weighted by molar-refractivity contribution is -0.315. The minimum absolute atomic E-state index is 0.0252. The van der Waals surface area contributed by atoms with Gasteiger partial charge in [0.15, 0.2) is 5.75 Å². The summed E-state index contributed by atoms with van der Waals surface area (Å²) in [6, 6.07) is 8.10. The van der Waals surface area contributed by atoms with Crippen molar-refractivity contribution in [1.29, 1.82) is 0 Å². The minimum atomic E-state index is -0.305. The van der Waals surface area contributed by atoms with Gasteiger partial charge in [-0.05, 0) is 42.4 Å². The van der Waals surface area contributed by atoms with Gasteiger partial charge < -0.3 is 4.89 Å². The third-order valence-corrected chi connectivity index (χ3v) is 4.11. The van der Waals surface area contributed by atoms with Crippen LogP contribution in [0, 0.1) is 5.41 Å². The van der Waals surface area contributed by atoms with E-state index in [0.29, 0.717) is 5.92 Å². The second-order valence-corrected chi connectivity index (χ2v) is 6.73. The number of benzene rings is 1. The average molecular weight is 264 g/mol. The Labute approximate surface area is 118 Å². The molecule has 0 aliphatic carbocycles. The fourth-order valence-corrected chi connectivity index (χ4v) is 1.78. The van der Waals surface area contributed by atoms with Crippen molar-refractivity contribution < 1.29 is 9.78 Å². The Morgan fingerprint density at radius 3 is 2.21 bits per heavy atom. The fraction of sp³-hybridized carbons (Fsp3) is 0.647. The molecule has 2 nitrogen and oxygen atoms in total. The van der Waals surface area contributed by atoms with Crippen LogP contribution < -0.4 is 4.89 Å². The molecule has 0 saturated heterocycles. The molecule has 0 N–H and O–H groups in total. The lowest BCUT2D eigenvalue weighted by Gasteiger charge is -2.39. The summed E-state index contributed by atoms with van der Waals surface area (Å²) in [6.45, 7) is 15.1. The van der Waals surface area contributed by atoms with Gasteiger partial charge in [0, 0.05) is 0 Å². The summed E-state index contributed by atoms with van der Waals surface area (Å²) in [6.07, 6.45) is 0.903. The van der Waals surface area contributed by atoms with Gasteiger partial charge in [-0.3, -0.25) is 0 Å². The number of rotatable bonds is 5. The van der Waals surface area contributed by atoms with Gasteiger partial charge in [0.2, 0.25) is 0 Å². The van der Waals surface area contributed by atoms with Crippen LogP contribution in [0.1, 0.15) is 66.4 Å². The lowest BCUT2D eigenvalue weighted by Crippen LogP contribution is -2.42. The highest BCUT2D eigenvalue weighted by atomic mass is 17.2. The highest BCUT2D eigenvalue weighted by Gasteiger charge is 2.39. The lowest BCUT2D eigenvalue weighted by atomic mass is 9.76. The van der Waals surface area contributed by atoms with Gasteiger partial charge in [-0.15, -0.1) is 0 Å². The van der Waals surface area contributed by atoms with E-state index in [4.69, 9.17) is 9.78 Å². The molecule has 0 fully saturated rings. The fourth-order valence-electron chi connectivity index (χ4n) is 1.78. The van der Waals surface area contributed by atoms with Crippen molar-refractivity contribution in [2.24, 2.45) is 5.41 Å². The molecule has 1 aromatic carbocycles. The molecule has 108 valence electrons. The maximum Gasteiger partial charge on any atom is 0.165 e. The van der Waals surface area contributed by atoms with Gasteiger partial charge >= 0.3 is 0 Å². The maximum atomic E-state index is 5.76. The summed E-state index contributed by atoms with van der Waals surface area (Å²) >= 11 is 0. The van der Waals surface area contributed by atoms with Gasteiger partial charge in [-0.1, -0.05) is 53.7 Å². The molecular weight excluding hydrogens is 236 g/mol. The largest absolute Gasteiger partial charge is 0.337 e. The van der Waals surface area contributed by atoms with E-state index in [-0.39, 0.29) is 11.0 Å². The summed E-state index contributed by atoms with van der Waals surface area (Å²) in [4.78, 5) is 11.3. The standard InChI is InChI=1S/C17H28O2/c1-8-17(7,16(4,5)6)19-18-15-11-9-10-14(12-15)13(2)3/h9-13H,8H2,1-7H3. The van der Waals surface area contributed by atoms with E-state index in [9.17, 15) is 0 Å². The molecule has 0 spiro atoms. The molecule has 0 aliphatic heterocycles. The average Bonchev–Trinajstić information content (AvgIpc) is 2.34. The van der Waals surface area contributed by atoms with E-state index in [2.05, 4.69) is 54.5 Å². The van der Waals surface area contributed by atoms with E-state index in [1.807, 2.05) is 18.2 Å². The quantitative estimate of drug-likeness (QED) is 0.528. The van der Waals surface area contributed by atoms with E-state index in [0.717, 1.165) is 12.2 Å². The second kappa shape index (κ2) is 5.96. The molecule has 2 heteroatoms. The highest BCUT2D eigenvalue weighted by molar-refractivity contribution is 5.29. The van der Waals surface area contributed by atoms with Crippen molar-refractivity contribution >= 4 is 0 Å². The number of hydrogen-bond donors (Lipinski definition) is 0. The summed E-state index contributed by atoms with van der Waals surface area (Å²) in [5.74, 6) is 1.26. The van der Waals surface area contributed by atoms with Crippen molar-refractivity contribution in [1.82, 2.24) is 0 Å². The van der Waals surface area contributed by atoms with Crippen LogP contribution in [-0.4, -0.2) is 5.60 Å². The summed E-state index contributed by atoms with van der Waals surface area (Å²) in [5.41, 5.74) is 0.980. The first kappa shape index (κ1) is 16.0. The molecule has 0 amide bonds. The van der Waals surface area contributed by atoms with Crippen molar-refractivity contribution in [3.8, 4) is 5.75 Å². The number of hydrogen-bond acceptors (Lipinski definition) is 2. The first-order valence-electron chi connectivity index (χ1n) is 7.15. The van der Waals surface area contributed by atoms with Crippen LogP contribution in [0.2, 0.25) is 0 Å². The van der Waals surface area contributed by atoms with Crippen LogP contribution >= 0.6 is 0 Å². The summed E-state index contributed by atoms with van der Waals surface area (Å²) < 4.78 is 0. The van der Waals surface area contributed by atoms with Crippen molar-refractivity contribution in [3.05, 3.63) is 29.8 Å². The Hall–Kier alpha value is -1.02. The molecule has 0 saturated carbocycles. The second-order valence-electron chi connectivity index (χ2n) is 6.73. The van der Waals surface area contributed by atoms with Crippen molar-refractivity contribution in [2.75, 3.05) is 0 Å². The molecule has 1 aromatic rings. The monoisotopic (exact) mass is 264 g/mol. The van der Waals surface area contributed by atoms with Crippen LogP contribution in [0.3, 0.4) is 0 Å². The molecule has 1 atom stereocenters. The topological polar surface area (TPSA) is 18.5 Å². The molecule has 0 aromatic heterocycles. The third-order valence-electron chi connectivity index (χ3n) is 4.11. The predicted octanol–water partition coefficient (Wildman–Crippen LogP) is 5.34. The molecule has 1 rings (SSSR count). The van der Waals surface area contributed by atoms with E-state index >= 15 is 0 Å². The van der Waals surface area contributed by atoms with Crippen LogP contribution in [0.25, 0.3) is 0 Å². The highest BCUT2D eigenvalue weighted by Crippen LogP contribution is 2.36. The Bertz CT molecular complexity index is 404. The summed E-state index contributed by atoms with van der Waals surface area (Å²) in [5, 5.41) is 0. The molecule has 0 heterocycles. The predicted molar refractivity (Wildman–Crippen MR) is 80.4 cm³/mol. The zero-order valence-electron chi connectivity index (χ0n) is 13.4. The normalized spacial score (nSPS) is 15.4. The van der Waals surface area contributed by atoms with Crippen LogP contribution in [0.5, 0.6) is 5.75 Å². The summed E-state index contributed by atoms with van der Waals surface area (Å²) in [7, 11) is 0. The third kappa shape index (κ3) is 3.97. The molecule has 1 unspecified atom stereocenters. The van der Waals surface area contributed by atoms with E-state index in [1.54, 1.807) is 0 Å². The van der Waals surface area contributed by atoms with Gasteiger partial charge in [0.25, 0.3) is 0 Å². The Balaban J connectivity index is 2.78. The zero-order chi connectivity index (χ0) is 14.7. The minimum Gasteiger partial charge on any atom is -0.337 e. The van der Waals surface area contributed by atoms with Crippen LogP contribution in [0.15, 0.2) is 24.3 Å². The Morgan fingerprint density at radius 1 is 1.11 bits per heavy atom. The smallest absolute Gasteiger partial charge is 0.165 e. The van der Waals surface area contributed by atoms with Crippen molar-refractivity contribution in [2.45, 2.75) is 66.4 Å². The maximum absolute atomic E-state index is 5.76.